The molecule has 0 saturated heterocycles. The van der Waals surface area contributed by atoms with E-state index >= 15 is 0 Å². The van der Waals surface area contributed by atoms with Crippen LogP contribution in [0.2, 0.25) is 0 Å². The largest absolute Gasteiger partial charge is 0.493 e. The molecule has 3 rings (SSSR count). The molecule has 7 heteroatoms. The van der Waals surface area contributed by atoms with E-state index in [0.717, 1.165) is 37.0 Å². The average Bonchev–Trinajstić information content (AvgIpc) is 2.71. The van der Waals surface area contributed by atoms with Gasteiger partial charge in [-0.3, -0.25) is 4.99 Å². The van der Waals surface area contributed by atoms with Crippen molar-refractivity contribution in [2.75, 3.05) is 34.4 Å². The normalized spacial score (nSPS) is 13.4. The summed E-state index contributed by atoms with van der Waals surface area (Å²) in [6, 6.07) is 11.0. The first-order valence-electron chi connectivity index (χ1n) is 9.09. The van der Waals surface area contributed by atoms with Crippen molar-refractivity contribution in [1.82, 2.24) is 10.2 Å². The predicted molar refractivity (Wildman–Crippen MR) is 121 cm³/mol. The van der Waals surface area contributed by atoms with Crippen molar-refractivity contribution in [3.63, 3.8) is 0 Å². The molecule has 1 N–H and O–H groups in total. The summed E-state index contributed by atoms with van der Waals surface area (Å²) < 4.78 is 24.6. The Balaban J connectivity index is 0.00000280. The number of nitrogens with zero attached hydrogens (tertiary/aromatic N) is 2. The number of aliphatic imine (C=N–C) groups is 1. The predicted octanol–water partition coefficient (Wildman–Crippen LogP) is 3.64. The highest BCUT2D eigenvalue weighted by Gasteiger charge is 2.21. The van der Waals surface area contributed by atoms with Crippen LogP contribution in [0.3, 0.4) is 0 Å². The van der Waals surface area contributed by atoms with Crippen LogP contribution in [0.25, 0.3) is 0 Å². The summed E-state index contributed by atoms with van der Waals surface area (Å²) in [6.45, 7) is 2.24. The molecule has 0 unspecified atom stereocenters. The van der Waals surface area contributed by atoms with Crippen molar-refractivity contribution in [2.24, 2.45) is 4.99 Å². The Bertz CT molecular complexity index is 829. The number of nitrogens with one attached hydrogen (secondary N) is 1. The van der Waals surface area contributed by atoms with E-state index in [-0.39, 0.29) is 29.8 Å². The zero-order valence-electron chi connectivity index (χ0n) is 16.5. The van der Waals surface area contributed by atoms with Crippen LogP contribution in [0.5, 0.6) is 11.5 Å². The van der Waals surface area contributed by atoms with Gasteiger partial charge in [0.25, 0.3) is 0 Å². The molecule has 28 heavy (non-hydrogen) atoms. The molecule has 5 nitrogen and oxygen atoms in total. The number of halogens is 2. The number of ether oxygens (including phenoxy) is 2. The fourth-order valence-electron chi connectivity index (χ4n) is 3.41. The molecule has 1 aliphatic rings. The van der Waals surface area contributed by atoms with E-state index in [4.69, 9.17) is 9.47 Å². The van der Waals surface area contributed by atoms with Gasteiger partial charge in [-0.2, -0.15) is 0 Å². The van der Waals surface area contributed by atoms with Crippen LogP contribution < -0.4 is 14.8 Å². The summed E-state index contributed by atoms with van der Waals surface area (Å²) in [5, 5.41) is 3.35. The van der Waals surface area contributed by atoms with E-state index in [1.54, 1.807) is 27.3 Å². The average molecular weight is 499 g/mol. The Hall–Kier alpha value is -2.03. The van der Waals surface area contributed by atoms with E-state index in [1.807, 2.05) is 18.2 Å². The summed E-state index contributed by atoms with van der Waals surface area (Å²) in [5.41, 5.74) is 3.18. The Morgan fingerprint density at radius 2 is 1.82 bits per heavy atom. The second-order valence-electron chi connectivity index (χ2n) is 6.46. The molecule has 2 aromatic carbocycles. The SMILES string of the molecule is CN=C(NCCc1ccccc1F)N1CCc2cc(OC)c(OC)cc2C1.I. The standard InChI is InChI=1S/C21H26FN3O2.HI/c1-23-21(24-10-8-15-6-4-5-7-18(15)22)25-11-9-16-12-19(26-2)20(27-3)13-17(16)14-25;/h4-7,12-13H,8-11,14H2,1-3H3,(H,23,24);1H. The molecule has 0 saturated carbocycles. The molecule has 0 aliphatic carbocycles. The number of methoxy groups -OCH3 is 2. The first kappa shape index (κ1) is 22.3. The summed E-state index contributed by atoms with van der Waals surface area (Å²) in [5.74, 6) is 2.16. The van der Waals surface area contributed by atoms with Gasteiger partial charge in [-0.25, -0.2) is 4.39 Å². The maximum Gasteiger partial charge on any atom is 0.193 e. The third kappa shape index (κ3) is 5.06. The minimum atomic E-state index is -0.165. The van der Waals surface area contributed by atoms with Crippen molar-refractivity contribution >= 4 is 29.9 Å². The van der Waals surface area contributed by atoms with Gasteiger partial charge in [0.05, 0.1) is 14.2 Å². The van der Waals surface area contributed by atoms with Crippen LogP contribution in [0.4, 0.5) is 4.39 Å². The lowest BCUT2D eigenvalue weighted by atomic mass is 9.99. The molecule has 0 bridgehead atoms. The monoisotopic (exact) mass is 499 g/mol. The fraction of sp³-hybridized carbons (Fsp3) is 0.381. The molecule has 2 aromatic rings. The van der Waals surface area contributed by atoms with E-state index < -0.39 is 0 Å². The lowest BCUT2D eigenvalue weighted by molar-refractivity contribution is 0.346. The fourth-order valence-corrected chi connectivity index (χ4v) is 3.41. The third-order valence-corrected chi connectivity index (χ3v) is 4.86. The maximum absolute atomic E-state index is 13.8. The quantitative estimate of drug-likeness (QED) is 0.388. The molecule has 152 valence electrons. The first-order valence-corrected chi connectivity index (χ1v) is 9.09. The minimum Gasteiger partial charge on any atom is -0.493 e. The Morgan fingerprint density at radius 1 is 1.14 bits per heavy atom. The minimum absolute atomic E-state index is 0. The van der Waals surface area contributed by atoms with Gasteiger partial charge in [0.2, 0.25) is 0 Å². The van der Waals surface area contributed by atoms with Crippen molar-refractivity contribution in [2.45, 2.75) is 19.4 Å². The molecule has 1 heterocycles. The van der Waals surface area contributed by atoms with Crippen molar-refractivity contribution in [1.29, 1.82) is 0 Å². The molecule has 0 fully saturated rings. The highest BCUT2D eigenvalue weighted by molar-refractivity contribution is 14.0. The van der Waals surface area contributed by atoms with Gasteiger partial charge in [-0.05, 0) is 47.7 Å². The zero-order valence-corrected chi connectivity index (χ0v) is 18.8. The van der Waals surface area contributed by atoms with Gasteiger partial charge in [-0.15, -0.1) is 24.0 Å². The second-order valence-corrected chi connectivity index (χ2v) is 6.46. The zero-order chi connectivity index (χ0) is 19.2. The van der Waals surface area contributed by atoms with Crippen LogP contribution in [0, 0.1) is 5.82 Å². The number of hydrogen-bond acceptors (Lipinski definition) is 3. The number of rotatable bonds is 5. The second kappa shape index (κ2) is 10.5. The number of guanidine groups is 1. The molecule has 0 amide bonds. The highest BCUT2D eigenvalue weighted by atomic mass is 127. The number of benzene rings is 2. The molecule has 0 radical (unpaired) electrons. The topological polar surface area (TPSA) is 46.1 Å². The summed E-state index contributed by atoms with van der Waals surface area (Å²) in [7, 11) is 5.07. The van der Waals surface area contributed by atoms with Gasteiger partial charge in [0, 0.05) is 26.7 Å². The van der Waals surface area contributed by atoms with Crippen molar-refractivity contribution < 1.29 is 13.9 Å². The van der Waals surface area contributed by atoms with E-state index in [0.29, 0.717) is 18.5 Å². The van der Waals surface area contributed by atoms with E-state index in [1.165, 1.54) is 17.2 Å². The van der Waals surface area contributed by atoms with Crippen LogP contribution in [0.15, 0.2) is 41.4 Å². The Labute approximate surface area is 183 Å². The lowest BCUT2D eigenvalue weighted by Gasteiger charge is -2.32. The lowest BCUT2D eigenvalue weighted by Crippen LogP contribution is -2.44. The summed E-state index contributed by atoms with van der Waals surface area (Å²) in [6.07, 6.45) is 1.52. The summed E-state index contributed by atoms with van der Waals surface area (Å²) in [4.78, 5) is 6.60. The highest BCUT2D eigenvalue weighted by Crippen LogP contribution is 2.33. The number of hydrogen-bond donors (Lipinski definition) is 1. The van der Waals surface area contributed by atoms with Crippen LogP contribution in [-0.2, 0) is 19.4 Å². The van der Waals surface area contributed by atoms with E-state index in [9.17, 15) is 4.39 Å². The van der Waals surface area contributed by atoms with Crippen LogP contribution >= 0.6 is 24.0 Å². The Kier molecular flexibility index (Phi) is 8.35. The third-order valence-electron chi connectivity index (χ3n) is 4.86. The molecule has 0 atom stereocenters. The molecule has 0 spiro atoms. The molecular formula is C21H27FIN3O2. The molecule has 0 aromatic heterocycles. The smallest absolute Gasteiger partial charge is 0.193 e. The van der Waals surface area contributed by atoms with Gasteiger partial charge in [0.15, 0.2) is 17.5 Å². The molecular weight excluding hydrogens is 472 g/mol. The van der Waals surface area contributed by atoms with Crippen molar-refractivity contribution in [3.05, 3.63) is 58.9 Å². The van der Waals surface area contributed by atoms with Gasteiger partial charge in [-0.1, -0.05) is 18.2 Å². The van der Waals surface area contributed by atoms with Crippen LogP contribution in [-0.4, -0.2) is 45.2 Å². The van der Waals surface area contributed by atoms with Gasteiger partial charge >= 0.3 is 0 Å². The van der Waals surface area contributed by atoms with Crippen molar-refractivity contribution in [3.8, 4) is 11.5 Å². The van der Waals surface area contributed by atoms with Gasteiger partial charge < -0.3 is 19.7 Å². The van der Waals surface area contributed by atoms with E-state index in [2.05, 4.69) is 21.3 Å². The van der Waals surface area contributed by atoms with Gasteiger partial charge in [0.1, 0.15) is 5.82 Å². The maximum atomic E-state index is 13.8. The first-order chi connectivity index (χ1) is 13.2. The van der Waals surface area contributed by atoms with Crippen LogP contribution in [0.1, 0.15) is 16.7 Å². The Morgan fingerprint density at radius 3 is 2.46 bits per heavy atom. The molecule has 1 aliphatic heterocycles. The summed E-state index contributed by atoms with van der Waals surface area (Å²) >= 11 is 0. The number of fused-ring (bicyclic) bond motifs is 1.